The third-order valence-electron chi connectivity index (χ3n) is 4.46. The number of hydrogen-bond acceptors (Lipinski definition) is 3. The molecule has 0 radical (unpaired) electrons. The third kappa shape index (κ3) is 4.57. The van der Waals surface area contributed by atoms with Crippen LogP contribution >= 0.6 is 0 Å². The lowest BCUT2D eigenvalue weighted by Gasteiger charge is -2.36. The zero-order valence-electron chi connectivity index (χ0n) is 12.5. The molecule has 1 N–H and O–H groups in total. The van der Waals surface area contributed by atoms with E-state index in [4.69, 9.17) is 0 Å². The Hall–Kier alpha value is -0.820. The molecule has 0 spiro atoms. The van der Waals surface area contributed by atoms with Crippen molar-refractivity contribution in [2.24, 2.45) is 0 Å². The lowest BCUT2D eigenvalue weighted by Crippen LogP contribution is -2.51. The van der Waals surface area contributed by atoms with Crippen LogP contribution < -0.4 is 5.32 Å². The summed E-state index contributed by atoms with van der Waals surface area (Å²) in [7, 11) is 1.48. The fourth-order valence-electron chi connectivity index (χ4n) is 3.29. The van der Waals surface area contributed by atoms with Crippen molar-refractivity contribution in [3.05, 3.63) is 0 Å². The Morgan fingerprint density at radius 2 is 1.95 bits per heavy atom. The van der Waals surface area contributed by atoms with E-state index in [2.05, 4.69) is 10.2 Å². The van der Waals surface area contributed by atoms with Crippen molar-refractivity contribution in [1.29, 1.82) is 0 Å². The van der Waals surface area contributed by atoms with Gasteiger partial charge in [0.2, 0.25) is 5.91 Å². The van der Waals surface area contributed by atoms with Gasteiger partial charge in [-0.2, -0.15) is 13.2 Å². The van der Waals surface area contributed by atoms with E-state index in [0.29, 0.717) is 6.04 Å². The second-order valence-electron chi connectivity index (χ2n) is 6.00. The molecule has 2 aliphatic heterocycles. The number of nitrogens with one attached hydrogen (secondary N) is 1. The van der Waals surface area contributed by atoms with Crippen molar-refractivity contribution in [2.45, 2.75) is 50.4 Å². The van der Waals surface area contributed by atoms with Gasteiger partial charge in [0.05, 0.1) is 12.5 Å². The highest BCUT2D eigenvalue weighted by Gasteiger charge is 2.37. The van der Waals surface area contributed by atoms with Gasteiger partial charge in [-0.15, -0.1) is 0 Å². The molecule has 1 amide bonds. The minimum Gasteiger partial charge on any atom is -0.344 e. The van der Waals surface area contributed by atoms with E-state index in [1.165, 1.54) is 11.9 Å². The maximum absolute atomic E-state index is 12.4. The number of carbonyl (C=O) groups is 1. The summed E-state index contributed by atoms with van der Waals surface area (Å²) >= 11 is 0. The molecule has 0 aliphatic carbocycles. The summed E-state index contributed by atoms with van der Waals surface area (Å²) in [5.74, 6) is -0.157. The van der Waals surface area contributed by atoms with Crippen LogP contribution in [0.25, 0.3) is 0 Å². The molecule has 2 heterocycles. The van der Waals surface area contributed by atoms with Crippen molar-refractivity contribution in [2.75, 3.05) is 33.2 Å². The van der Waals surface area contributed by atoms with Crippen molar-refractivity contribution >= 4 is 5.91 Å². The number of likely N-dealkylation sites (N-methyl/N-ethyl adjacent to an activating group) is 1. The standard InChI is InChI=1S/C14H24F3N3O/c1-19(10-6-14(15,16)17)13(21)12-3-2-9-20(12)11-4-7-18-8-5-11/h11-12,18H,2-10H2,1H3. The monoisotopic (exact) mass is 307 g/mol. The minimum atomic E-state index is -4.21. The van der Waals surface area contributed by atoms with Crippen molar-refractivity contribution in [1.82, 2.24) is 15.1 Å². The fraction of sp³-hybridized carbons (Fsp3) is 0.929. The first-order valence-electron chi connectivity index (χ1n) is 7.66. The average molecular weight is 307 g/mol. The molecule has 0 aromatic rings. The molecule has 2 aliphatic rings. The molecule has 2 fully saturated rings. The predicted molar refractivity (Wildman–Crippen MR) is 73.9 cm³/mol. The molecule has 1 atom stereocenters. The zero-order chi connectivity index (χ0) is 15.5. The van der Waals surface area contributed by atoms with Gasteiger partial charge in [-0.05, 0) is 45.3 Å². The predicted octanol–water partition coefficient (Wildman–Crippen LogP) is 1.61. The number of halogens is 3. The van der Waals surface area contributed by atoms with Crippen LogP contribution in [0, 0.1) is 0 Å². The molecule has 4 nitrogen and oxygen atoms in total. The van der Waals surface area contributed by atoms with E-state index in [0.717, 1.165) is 45.3 Å². The van der Waals surface area contributed by atoms with Gasteiger partial charge in [0.25, 0.3) is 0 Å². The molecule has 0 saturated carbocycles. The number of amides is 1. The minimum absolute atomic E-state index is 0.157. The first-order chi connectivity index (χ1) is 9.88. The number of hydrogen-bond donors (Lipinski definition) is 1. The largest absolute Gasteiger partial charge is 0.390 e. The molecule has 0 aromatic carbocycles. The summed E-state index contributed by atoms with van der Waals surface area (Å²) in [6.07, 6.45) is -1.41. The number of rotatable bonds is 4. The topological polar surface area (TPSA) is 35.6 Å². The zero-order valence-corrected chi connectivity index (χ0v) is 12.5. The molecule has 1 unspecified atom stereocenters. The molecule has 122 valence electrons. The summed E-state index contributed by atoms with van der Waals surface area (Å²) in [6, 6.07) is 0.157. The Bertz CT molecular complexity index is 356. The Labute approximate surface area is 123 Å². The summed E-state index contributed by atoms with van der Waals surface area (Å²) in [5, 5.41) is 3.29. The van der Waals surface area contributed by atoms with E-state index >= 15 is 0 Å². The van der Waals surface area contributed by atoms with Gasteiger partial charge in [-0.25, -0.2) is 0 Å². The summed E-state index contributed by atoms with van der Waals surface area (Å²) < 4.78 is 36.8. The number of carbonyl (C=O) groups excluding carboxylic acids is 1. The SMILES string of the molecule is CN(CCC(F)(F)F)C(=O)C1CCCN1C1CCNCC1. The highest BCUT2D eigenvalue weighted by atomic mass is 19.4. The summed E-state index contributed by atoms with van der Waals surface area (Å²) in [5.41, 5.74) is 0. The first kappa shape index (κ1) is 16.5. The highest BCUT2D eigenvalue weighted by Crippen LogP contribution is 2.26. The average Bonchev–Trinajstić information content (AvgIpc) is 2.93. The van der Waals surface area contributed by atoms with E-state index in [9.17, 15) is 18.0 Å². The molecule has 0 bridgehead atoms. The van der Waals surface area contributed by atoms with Gasteiger partial charge in [0.1, 0.15) is 0 Å². The maximum Gasteiger partial charge on any atom is 0.390 e. The quantitative estimate of drug-likeness (QED) is 0.857. The van der Waals surface area contributed by atoms with Crippen molar-refractivity contribution < 1.29 is 18.0 Å². The molecule has 7 heteroatoms. The number of likely N-dealkylation sites (tertiary alicyclic amines) is 1. The number of nitrogens with zero attached hydrogens (tertiary/aromatic N) is 2. The van der Waals surface area contributed by atoms with Gasteiger partial charge >= 0.3 is 6.18 Å². The van der Waals surface area contributed by atoms with Gasteiger partial charge < -0.3 is 10.2 Å². The van der Waals surface area contributed by atoms with Crippen LogP contribution in [-0.4, -0.2) is 67.2 Å². The molecule has 21 heavy (non-hydrogen) atoms. The van der Waals surface area contributed by atoms with Crippen LogP contribution in [0.4, 0.5) is 13.2 Å². The van der Waals surface area contributed by atoms with Gasteiger partial charge in [-0.1, -0.05) is 0 Å². The smallest absolute Gasteiger partial charge is 0.344 e. The maximum atomic E-state index is 12.4. The molecule has 2 rings (SSSR count). The van der Waals surface area contributed by atoms with Gasteiger partial charge in [0, 0.05) is 19.6 Å². The van der Waals surface area contributed by atoms with E-state index in [1.54, 1.807) is 0 Å². The first-order valence-corrected chi connectivity index (χ1v) is 7.66. The normalized spacial score (nSPS) is 25.2. The second-order valence-corrected chi connectivity index (χ2v) is 6.00. The Kier molecular flexibility index (Phi) is 5.48. The van der Waals surface area contributed by atoms with Gasteiger partial charge in [-0.3, -0.25) is 9.69 Å². The summed E-state index contributed by atoms with van der Waals surface area (Å²) in [6.45, 7) is 2.53. The Morgan fingerprint density at radius 3 is 2.57 bits per heavy atom. The van der Waals surface area contributed by atoms with Crippen LogP contribution in [0.15, 0.2) is 0 Å². The highest BCUT2D eigenvalue weighted by molar-refractivity contribution is 5.82. The van der Waals surface area contributed by atoms with Crippen LogP contribution in [0.3, 0.4) is 0 Å². The van der Waals surface area contributed by atoms with Crippen molar-refractivity contribution in [3.63, 3.8) is 0 Å². The van der Waals surface area contributed by atoms with Crippen LogP contribution in [0.2, 0.25) is 0 Å². The lowest BCUT2D eigenvalue weighted by atomic mass is 10.0. The molecule has 2 saturated heterocycles. The molecular weight excluding hydrogens is 283 g/mol. The van der Waals surface area contributed by atoms with Crippen LogP contribution in [-0.2, 0) is 4.79 Å². The van der Waals surface area contributed by atoms with Crippen molar-refractivity contribution in [3.8, 4) is 0 Å². The fourth-order valence-corrected chi connectivity index (χ4v) is 3.29. The second kappa shape index (κ2) is 6.96. The lowest BCUT2D eigenvalue weighted by molar-refractivity contribution is -0.146. The third-order valence-corrected chi connectivity index (χ3v) is 4.46. The van der Waals surface area contributed by atoms with Crippen LogP contribution in [0.5, 0.6) is 0 Å². The Morgan fingerprint density at radius 1 is 1.29 bits per heavy atom. The van der Waals surface area contributed by atoms with E-state index in [1.807, 2.05) is 0 Å². The Balaban J connectivity index is 1.90. The molecule has 0 aromatic heterocycles. The number of alkyl halides is 3. The summed E-state index contributed by atoms with van der Waals surface area (Å²) in [4.78, 5) is 15.9. The van der Waals surface area contributed by atoms with E-state index < -0.39 is 12.6 Å². The van der Waals surface area contributed by atoms with E-state index in [-0.39, 0.29) is 18.5 Å². The van der Waals surface area contributed by atoms with Gasteiger partial charge in [0.15, 0.2) is 0 Å². The number of piperidine rings is 1. The molecular formula is C14H24F3N3O. The van der Waals surface area contributed by atoms with Crippen LogP contribution in [0.1, 0.15) is 32.1 Å².